The number of rotatable bonds is 2. The molecule has 0 aliphatic rings. The van der Waals surface area contributed by atoms with E-state index in [-0.39, 0.29) is 0 Å². The van der Waals surface area contributed by atoms with E-state index >= 15 is 0 Å². The summed E-state index contributed by atoms with van der Waals surface area (Å²) >= 11 is 0. The van der Waals surface area contributed by atoms with Crippen LogP contribution in [0.1, 0.15) is 0 Å². The molecule has 5 aromatic rings. The first-order valence-corrected chi connectivity index (χ1v) is 9.05. The summed E-state index contributed by atoms with van der Waals surface area (Å²) in [6.07, 6.45) is 0. The molecule has 0 fully saturated rings. The molecule has 26 heavy (non-hydrogen) atoms. The van der Waals surface area contributed by atoms with Crippen LogP contribution in [0.5, 0.6) is 0 Å². The predicted octanol–water partition coefficient (Wildman–Crippen LogP) is 5.87. The molecule has 5 rings (SSSR count). The van der Waals surface area contributed by atoms with E-state index < -0.39 is 0 Å². The molecule has 0 saturated heterocycles. The smallest absolute Gasteiger partial charge is 0.0441 e. The van der Waals surface area contributed by atoms with Gasteiger partial charge in [0.1, 0.15) is 0 Å². The van der Waals surface area contributed by atoms with Crippen molar-refractivity contribution in [2.45, 2.75) is 0 Å². The first-order valence-electron chi connectivity index (χ1n) is 9.05. The monoisotopic (exact) mass is 338 g/mol. The lowest BCUT2D eigenvalue weighted by Crippen LogP contribution is -2.09. The molecule has 0 aromatic heterocycles. The maximum Gasteiger partial charge on any atom is 0.0441 e. The molecule has 0 unspecified atom stereocenters. The van der Waals surface area contributed by atoms with Gasteiger partial charge in [0.15, 0.2) is 0 Å². The summed E-state index contributed by atoms with van der Waals surface area (Å²) in [5.41, 5.74) is 2.54. The first-order chi connectivity index (χ1) is 12.6. The molecule has 0 atom stereocenters. The van der Waals surface area contributed by atoms with E-state index in [0.717, 1.165) is 0 Å². The van der Waals surface area contributed by atoms with E-state index in [0.29, 0.717) is 0 Å². The highest BCUT2D eigenvalue weighted by molar-refractivity contribution is 6.35. The van der Waals surface area contributed by atoms with Gasteiger partial charge in [-0.15, -0.1) is 0 Å². The molecule has 0 amide bonds. The Hall–Kier alpha value is -3.00. The van der Waals surface area contributed by atoms with Crippen molar-refractivity contribution in [3.8, 4) is 0 Å². The fraction of sp³-hybridized carbons (Fsp3) is 0.167. The first kappa shape index (κ1) is 15.3. The molecule has 5 aromatic carbocycles. The number of nitrogens with zero attached hydrogens (tertiary/aromatic N) is 2. The molecular weight excluding hydrogens is 316 g/mol. The van der Waals surface area contributed by atoms with Gasteiger partial charge in [-0.3, -0.25) is 0 Å². The van der Waals surface area contributed by atoms with E-state index in [2.05, 4.69) is 98.7 Å². The van der Waals surface area contributed by atoms with E-state index in [4.69, 9.17) is 0 Å². The Morgan fingerprint density at radius 1 is 0.423 bits per heavy atom. The van der Waals surface area contributed by atoms with Crippen molar-refractivity contribution in [1.29, 1.82) is 0 Å². The van der Waals surface area contributed by atoms with Crippen LogP contribution in [0.4, 0.5) is 11.4 Å². The summed E-state index contributed by atoms with van der Waals surface area (Å²) in [5, 5.41) is 10.8. The molecule has 128 valence electrons. The zero-order valence-corrected chi connectivity index (χ0v) is 15.7. The van der Waals surface area contributed by atoms with Gasteiger partial charge >= 0.3 is 0 Å². The largest absolute Gasteiger partial charge is 0.377 e. The molecule has 0 spiro atoms. The van der Waals surface area contributed by atoms with Gasteiger partial charge in [0.25, 0.3) is 0 Å². The van der Waals surface area contributed by atoms with Crippen LogP contribution in [-0.4, -0.2) is 28.2 Å². The maximum absolute atomic E-state index is 2.29. The third-order valence-corrected chi connectivity index (χ3v) is 5.58. The minimum absolute atomic E-state index is 1.27. The van der Waals surface area contributed by atoms with Crippen LogP contribution in [0.25, 0.3) is 43.1 Å². The summed E-state index contributed by atoms with van der Waals surface area (Å²) in [4.78, 5) is 4.41. The second kappa shape index (κ2) is 5.25. The average molecular weight is 338 g/mol. The van der Waals surface area contributed by atoms with Gasteiger partial charge in [-0.2, -0.15) is 0 Å². The lowest BCUT2D eigenvalue weighted by molar-refractivity contribution is 1.14. The van der Waals surface area contributed by atoms with Gasteiger partial charge in [0.2, 0.25) is 0 Å². The molecule has 0 bridgehead atoms. The van der Waals surface area contributed by atoms with Crippen LogP contribution in [0.15, 0.2) is 60.7 Å². The van der Waals surface area contributed by atoms with Crippen LogP contribution < -0.4 is 9.80 Å². The highest BCUT2D eigenvalue weighted by Gasteiger charge is 2.16. The van der Waals surface area contributed by atoms with E-state index in [9.17, 15) is 0 Å². The summed E-state index contributed by atoms with van der Waals surface area (Å²) in [5.74, 6) is 0. The fourth-order valence-electron chi connectivity index (χ4n) is 4.46. The fourth-order valence-corrected chi connectivity index (χ4v) is 4.46. The second-order valence-electron chi connectivity index (χ2n) is 7.51. The Morgan fingerprint density at radius 3 is 1.15 bits per heavy atom. The standard InChI is InChI=1S/C24H22N2/c1-25(2)21-13-11-17-16-8-6-10-20-22(26(3)4)14-12-18(24(16)20)15-7-5-9-19(21)23(15)17/h5-14H,1-4H3. The lowest BCUT2D eigenvalue weighted by Gasteiger charge is -2.22. The van der Waals surface area contributed by atoms with Gasteiger partial charge in [0.05, 0.1) is 0 Å². The molecule has 0 aliphatic heterocycles. The molecule has 2 heteroatoms. The van der Waals surface area contributed by atoms with Gasteiger partial charge < -0.3 is 9.80 Å². The average Bonchev–Trinajstić information content (AvgIpc) is 2.64. The van der Waals surface area contributed by atoms with E-state index in [1.54, 1.807) is 0 Å². The van der Waals surface area contributed by atoms with Crippen molar-refractivity contribution in [2.75, 3.05) is 38.0 Å². The van der Waals surface area contributed by atoms with Crippen LogP contribution in [-0.2, 0) is 0 Å². The van der Waals surface area contributed by atoms with Crippen molar-refractivity contribution in [3.63, 3.8) is 0 Å². The quantitative estimate of drug-likeness (QED) is 0.293. The maximum atomic E-state index is 2.29. The number of fused-ring (bicyclic) bond motifs is 2. The SMILES string of the molecule is CN(C)c1ccc2c3cccc4c(N(C)C)ccc(c5cccc1c52)c43. The van der Waals surface area contributed by atoms with Gasteiger partial charge in [0, 0.05) is 50.3 Å². The van der Waals surface area contributed by atoms with Crippen LogP contribution in [0.2, 0.25) is 0 Å². The molecule has 0 aliphatic carbocycles. The molecular formula is C24H22N2. The van der Waals surface area contributed by atoms with Gasteiger partial charge in [-0.25, -0.2) is 0 Å². The van der Waals surface area contributed by atoms with Crippen molar-refractivity contribution >= 4 is 54.5 Å². The molecule has 0 saturated carbocycles. The zero-order valence-electron chi connectivity index (χ0n) is 15.7. The third-order valence-electron chi connectivity index (χ3n) is 5.58. The Balaban J connectivity index is 2.11. The summed E-state index contributed by atoms with van der Waals surface area (Å²) in [6.45, 7) is 0. The number of anilines is 2. The topological polar surface area (TPSA) is 6.48 Å². The Labute approximate surface area is 153 Å². The minimum Gasteiger partial charge on any atom is -0.377 e. The third kappa shape index (κ3) is 1.87. The molecule has 2 nitrogen and oxygen atoms in total. The van der Waals surface area contributed by atoms with Crippen LogP contribution in [0, 0.1) is 0 Å². The lowest BCUT2D eigenvalue weighted by atomic mass is 9.88. The summed E-state index contributed by atoms with van der Waals surface area (Å²) < 4.78 is 0. The highest BCUT2D eigenvalue weighted by Crippen LogP contribution is 2.44. The van der Waals surface area contributed by atoms with Crippen LogP contribution >= 0.6 is 0 Å². The molecule has 0 radical (unpaired) electrons. The number of hydrogen-bond donors (Lipinski definition) is 0. The predicted molar refractivity (Wildman–Crippen MR) is 116 cm³/mol. The normalized spacial score (nSPS) is 11.8. The summed E-state index contributed by atoms with van der Waals surface area (Å²) in [6, 6.07) is 22.5. The molecule has 0 heterocycles. The molecule has 0 N–H and O–H groups in total. The Bertz CT molecular complexity index is 1160. The highest BCUT2D eigenvalue weighted by atomic mass is 15.1. The Kier molecular flexibility index (Phi) is 3.08. The zero-order chi connectivity index (χ0) is 18.0. The van der Waals surface area contributed by atoms with Gasteiger partial charge in [-0.1, -0.05) is 48.5 Å². The Morgan fingerprint density at radius 2 is 0.769 bits per heavy atom. The van der Waals surface area contributed by atoms with E-state index in [1.165, 1.54) is 54.5 Å². The van der Waals surface area contributed by atoms with Crippen molar-refractivity contribution in [2.24, 2.45) is 0 Å². The van der Waals surface area contributed by atoms with Crippen molar-refractivity contribution in [1.82, 2.24) is 0 Å². The second-order valence-corrected chi connectivity index (χ2v) is 7.51. The van der Waals surface area contributed by atoms with E-state index in [1.807, 2.05) is 0 Å². The number of benzene rings is 5. The van der Waals surface area contributed by atoms with Gasteiger partial charge in [-0.05, 0) is 44.5 Å². The number of hydrogen-bond acceptors (Lipinski definition) is 2. The van der Waals surface area contributed by atoms with Crippen molar-refractivity contribution < 1.29 is 0 Å². The van der Waals surface area contributed by atoms with Crippen LogP contribution in [0.3, 0.4) is 0 Å². The van der Waals surface area contributed by atoms with Crippen molar-refractivity contribution in [3.05, 3.63) is 60.7 Å². The minimum atomic E-state index is 1.27. The summed E-state index contributed by atoms with van der Waals surface area (Å²) in [7, 11) is 8.46.